The largest absolute Gasteiger partial charge is 0.508 e. The molecule has 1 aromatic carbocycles. The van der Waals surface area contributed by atoms with Gasteiger partial charge in [0.2, 0.25) is 0 Å². The zero-order chi connectivity index (χ0) is 20.4. The second kappa shape index (κ2) is 8.44. The lowest BCUT2D eigenvalue weighted by molar-refractivity contribution is -0.145. The second-order valence-corrected chi connectivity index (χ2v) is 8.36. The van der Waals surface area contributed by atoms with Crippen LogP contribution in [0.4, 0.5) is 0 Å². The molecule has 1 saturated heterocycles. The van der Waals surface area contributed by atoms with Gasteiger partial charge < -0.3 is 15.3 Å². The van der Waals surface area contributed by atoms with E-state index in [9.17, 15) is 9.90 Å². The number of carboxylic acids is 1. The number of carbonyl (C=O) groups is 1. The molecule has 3 rings (SSSR count). The number of rotatable bonds is 3. The van der Waals surface area contributed by atoms with Crippen molar-refractivity contribution in [2.24, 2.45) is 5.92 Å². The molecule has 0 saturated carbocycles. The van der Waals surface area contributed by atoms with Crippen LogP contribution in [0.25, 0.3) is 0 Å². The third-order valence-corrected chi connectivity index (χ3v) is 6.20. The zero-order valence-corrected chi connectivity index (χ0v) is 17.1. The number of hydrogen-bond acceptors (Lipinski definition) is 4. The number of aromatic hydroxyl groups is 1. The minimum atomic E-state index is -1.23. The van der Waals surface area contributed by atoms with Crippen molar-refractivity contribution in [2.45, 2.75) is 65.0 Å². The number of fused-ring (bicyclic) bond motifs is 4. The lowest BCUT2D eigenvalue weighted by Crippen LogP contribution is -2.57. The topological polar surface area (TPSA) is 81.0 Å². The molecule has 150 valence electrons. The van der Waals surface area contributed by atoms with Gasteiger partial charge in [-0.1, -0.05) is 31.6 Å². The smallest absolute Gasteiger partial charge is 0.332 e. The Balaban J connectivity index is 0.000000380. The van der Waals surface area contributed by atoms with Gasteiger partial charge in [0, 0.05) is 12.6 Å². The van der Waals surface area contributed by atoms with Crippen LogP contribution >= 0.6 is 0 Å². The molecule has 0 radical (unpaired) electrons. The summed E-state index contributed by atoms with van der Waals surface area (Å²) in [5.74, 6) is -0.145. The van der Waals surface area contributed by atoms with Gasteiger partial charge in [-0.3, -0.25) is 4.90 Å². The summed E-state index contributed by atoms with van der Waals surface area (Å²) in [5.41, 5.74) is 4.42. The van der Waals surface area contributed by atoms with Crippen LogP contribution in [0.2, 0.25) is 0 Å². The van der Waals surface area contributed by atoms with E-state index in [1.807, 2.05) is 12.1 Å². The fourth-order valence-electron chi connectivity index (χ4n) is 4.22. The van der Waals surface area contributed by atoms with E-state index in [1.54, 1.807) is 0 Å². The molecule has 3 N–H and O–H groups in total. The molecule has 1 unspecified atom stereocenters. The fraction of sp³-hybridized carbons (Fsp3) is 0.591. The van der Waals surface area contributed by atoms with E-state index in [-0.39, 0.29) is 5.41 Å². The lowest BCUT2D eigenvalue weighted by atomic mass is 9.59. The molecule has 27 heavy (non-hydrogen) atoms. The number of benzene rings is 1. The fourth-order valence-corrected chi connectivity index (χ4v) is 4.22. The number of piperidine rings is 1. The number of aliphatic carboxylic acids is 1. The number of likely N-dealkylation sites (tertiary alicyclic amines) is 1. The van der Waals surface area contributed by atoms with Crippen LogP contribution in [-0.2, 0) is 16.6 Å². The first-order valence-electron chi connectivity index (χ1n) is 9.67. The molecule has 1 aromatic rings. The molecular weight excluding hydrogens is 342 g/mol. The van der Waals surface area contributed by atoms with Crippen molar-refractivity contribution in [2.75, 3.05) is 13.1 Å². The van der Waals surface area contributed by atoms with Crippen LogP contribution in [0.15, 0.2) is 29.8 Å². The first kappa shape index (κ1) is 21.5. The second-order valence-electron chi connectivity index (χ2n) is 8.36. The Morgan fingerprint density at radius 2 is 2.04 bits per heavy atom. The molecule has 5 heteroatoms. The molecule has 2 bridgehead atoms. The Bertz CT molecular complexity index is 708. The van der Waals surface area contributed by atoms with Gasteiger partial charge in [0.1, 0.15) is 11.9 Å². The molecule has 0 spiro atoms. The van der Waals surface area contributed by atoms with E-state index in [4.69, 9.17) is 10.2 Å². The van der Waals surface area contributed by atoms with Crippen molar-refractivity contribution in [3.05, 3.63) is 41.0 Å². The Morgan fingerprint density at radius 1 is 1.41 bits per heavy atom. The Labute approximate surface area is 162 Å². The Kier molecular flexibility index (Phi) is 6.71. The quantitative estimate of drug-likeness (QED) is 0.706. The van der Waals surface area contributed by atoms with Gasteiger partial charge in [-0.15, -0.1) is 0 Å². The SMILES string of the molecule is CC(C)=CCN1CC[C@@]2(C)c3cc(O)ccc3C[C@H]1[C@@H]2C.CC(O)C(=O)O. The molecule has 4 atom stereocenters. The predicted molar refractivity (Wildman–Crippen MR) is 107 cm³/mol. The molecule has 0 amide bonds. The molecule has 2 aliphatic rings. The van der Waals surface area contributed by atoms with Crippen molar-refractivity contribution < 1.29 is 20.1 Å². The monoisotopic (exact) mass is 375 g/mol. The Morgan fingerprint density at radius 3 is 2.59 bits per heavy atom. The molecular formula is C22H33NO4. The summed E-state index contributed by atoms with van der Waals surface area (Å²) in [5, 5.41) is 25.6. The van der Waals surface area contributed by atoms with Gasteiger partial charge in [-0.05, 0) is 74.8 Å². The molecule has 0 aromatic heterocycles. The zero-order valence-electron chi connectivity index (χ0n) is 17.1. The first-order chi connectivity index (χ1) is 12.6. The van der Waals surface area contributed by atoms with Crippen LogP contribution in [0.5, 0.6) is 5.75 Å². The number of aliphatic hydroxyl groups excluding tert-OH is 1. The van der Waals surface area contributed by atoms with Crippen molar-refractivity contribution in [1.82, 2.24) is 4.90 Å². The van der Waals surface area contributed by atoms with Gasteiger partial charge in [0.25, 0.3) is 0 Å². The predicted octanol–water partition coefficient (Wildman–Crippen LogP) is 3.33. The summed E-state index contributed by atoms with van der Waals surface area (Å²) in [7, 11) is 0. The number of aliphatic hydroxyl groups is 1. The summed E-state index contributed by atoms with van der Waals surface area (Å²) >= 11 is 0. The Hall–Kier alpha value is -1.85. The highest BCUT2D eigenvalue weighted by atomic mass is 16.4. The minimum absolute atomic E-state index is 0.207. The van der Waals surface area contributed by atoms with E-state index < -0.39 is 12.1 Å². The highest BCUT2D eigenvalue weighted by Crippen LogP contribution is 2.49. The number of phenolic OH excluding ortho intramolecular Hbond substituents is 1. The maximum atomic E-state index is 9.87. The normalized spacial score (nSPS) is 27.6. The van der Waals surface area contributed by atoms with Crippen molar-refractivity contribution in [3.8, 4) is 5.75 Å². The summed E-state index contributed by atoms with van der Waals surface area (Å²) in [6.07, 6.45) is 3.41. The summed E-state index contributed by atoms with van der Waals surface area (Å²) in [6, 6.07) is 6.60. The number of phenols is 1. The summed E-state index contributed by atoms with van der Waals surface area (Å²) < 4.78 is 0. The maximum Gasteiger partial charge on any atom is 0.332 e. The van der Waals surface area contributed by atoms with E-state index in [2.05, 4.69) is 44.7 Å². The van der Waals surface area contributed by atoms with Crippen LogP contribution < -0.4 is 0 Å². The molecule has 1 heterocycles. The van der Waals surface area contributed by atoms with E-state index >= 15 is 0 Å². The van der Waals surface area contributed by atoms with Crippen LogP contribution in [0.3, 0.4) is 0 Å². The minimum Gasteiger partial charge on any atom is -0.508 e. The molecule has 5 nitrogen and oxygen atoms in total. The lowest BCUT2D eigenvalue weighted by Gasteiger charge is -2.54. The first-order valence-corrected chi connectivity index (χ1v) is 9.67. The van der Waals surface area contributed by atoms with E-state index in [0.29, 0.717) is 17.7 Å². The van der Waals surface area contributed by atoms with Crippen molar-refractivity contribution in [1.29, 1.82) is 0 Å². The van der Waals surface area contributed by atoms with Crippen LogP contribution in [0.1, 0.15) is 52.2 Å². The van der Waals surface area contributed by atoms with Gasteiger partial charge in [-0.25, -0.2) is 4.79 Å². The summed E-state index contributed by atoms with van der Waals surface area (Å²) in [4.78, 5) is 12.1. The number of carboxylic acid groups (broad SMARTS) is 1. The molecule has 1 aliphatic heterocycles. The maximum absolute atomic E-state index is 9.87. The van der Waals surface area contributed by atoms with Crippen molar-refractivity contribution in [3.63, 3.8) is 0 Å². The molecule has 1 aliphatic carbocycles. The third-order valence-electron chi connectivity index (χ3n) is 6.20. The molecule has 1 fully saturated rings. The highest BCUT2D eigenvalue weighted by Gasteiger charge is 2.48. The van der Waals surface area contributed by atoms with E-state index in [0.717, 1.165) is 19.5 Å². The van der Waals surface area contributed by atoms with Gasteiger partial charge in [0.05, 0.1) is 0 Å². The number of nitrogens with zero attached hydrogens (tertiary/aromatic N) is 1. The average molecular weight is 376 g/mol. The average Bonchev–Trinajstić information content (AvgIpc) is 2.58. The van der Waals surface area contributed by atoms with E-state index in [1.165, 1.54) is 30.0 Å². The summed E-state index contributed by atoms with van der Waals surface area (Å²) in [6.45, 7) is 12.6. The number of allylic oxidation sites excluding steroid dienone is 1. The van der Waals surface area contributed by atoms with Crippen molar-refractivity contribution >= 4 is 5.97 Å². The van der Waals surface area contributed by atoms with Gasteiger partial charge in [-0.2, -0.15) is 0 Å². The van der Waals surface area contributed by atoms with Gasteiger partial charge >= 0.3 is 5.97 Å². The highest BCUT2D eigenvalue weighted by molar-refractivity contribution is 5.71. The number of hydrogen-bond donors (Lipinski definition) is 3. The van der Waals surface area contributed by atoms with Gasteiger partial charge in [0.15, 0.2) is 0 Å². The standard InChI is InChI=1S/C19H27NO.C3H6O3/c1-13(2)7-9-20-10-8-19(4)14(3)18(20)11-15-5-6-16(21)12-17(15)19;1-2(4)3(5)6/h5-7,12,14,18,21H,8-11H2,1-4H3;2,4H,1H3,(H,5,6)/t14-,18-,19+;/m0./s1. The third kappa shape index (κ3) is 4.71. The van der Waals surface area contributed by atoms with Crippen LogP contribution in [-0.4, -0.2) is 51.4 Å². The van der Waals surface area contributed by atoms with Crippen LogP contribution in [0, 0.1) is 5.92 Å².